The molecular formula is C3H6NSe2. The van der Waals surface area contributed by atoms with Crippen molar-refractivity contribution in [2.45, 2.75) is 12.2 Å². The molecule has 0 aliphatic carbocycles. The maximum absolute atomic E-state index is 6.87. The van der Waals surface area contributed by atoms with Gasteiger partial charge in [-0.15, -0.1) is 0 Å². The molecule has 0 saturated carbocycles. The summed E-state index contributed by atoms with van der Waals surface area (Å²) in [5.74, 6) is 0. The number of hydrogen-bond acceptors (Lipinski definition) is 1. The molecule has 0 aromatic carbocycles. The van der Waals surface area contributed by atoms with E-state index in [1.807, 2.05) is 0 Å². The molecular weight excluding hydrogens is 208 g/mol. The van der Waals surface area contributed by atoms with Gasteiger partial charge < -0.3 is 0 Å². The van der Waals surface area contributed by atoms with Gasteiger partial charge >= 0.3 is 52.1 Å². The fourth-order valence-corrected chi connectivity index (χ4v) is 1.97. The first-order valence-electron chi connectivity index (χ1n) is 1.65. The molecule has 35 valence electrons. The summed E-state index contributed by atoms with van der Waals surface area (Å²) in [5, 5.41) is 8.00. The summed E-state index contributed by atoms with van der Waals surface area (Å²) in [5.41, 5.74) is 0. The van der Waals surface area contributed by atoms with Gasteiger partial charge in [0.1, 0.15) is 0 Å². The summed E-state index contributed by atoms with van der Waals surface area (Å²) < 4.78 is 0.727. The predicted octanol–water partition coefficient (Wildman–Crippen LogP) is 0.232. The van der Waals surface area contributed by atoms with E-state index in [4.69, 9.17) is 5.41 Å². The van der Waals surface area contributed by atoms with Crippen LogP contribution in [0.1, 0.15) is 6.92 Å². The van der Waals surface area contributed by atoms with Crippen molar-refractivity contribution < 1.29 is 0 Å². The van der Waals surface area contributed by atoms with Crippen molar-refractivity contribution in [3.05, 3.63) is 0 Å². The topological polar surface area (TPSA) is 23.9 Å². The zero-order chi connectivity index (χ0) is 4.99. The van der Waals surface area contributed by atoms with Crippen LogP contribution in [-0.2, 0) is 0 Å². The average molecular weight is 214 g/mol. The SMILES string of the molecule is CC[Se]C(=N)[Se]. The van der Waals surface area contributed by atoms with E-state index in [0.717, 1.165) is 8.83 Å². The van der Waals surface area contributed by atoms with Crippen molar-refractivity contribution in [3.63, 3.8) is 0 Å². The van der Waals surface area contributed by atoms with Gasteiger partial charge in [-0.2, -0.15) is 0 Å². The summed E-state index contributed by atoms with van der Waals surface area (Å²) >= 11 is 3.10. The van der Waals surface area contributed by atoms with Gasteiger partial charge in [0.15, 0.2) is 0 Å². The molecule has 0 fully saturated rings. The van der Waals surface area contributed by atoms with Crippen LogP contribution in [0, 0.1) is 5.41 Å². The summed E-state index contributed by atoms with van der Waals surface area (Å²) in [6.07, 6.45) is 0. The molecule has 0 unspecified atom stereocenters. The second-order valence-corrected chi connectivity index (χ2v) is 5.56. The van der Waals surface area contributed by atoms with Crippen molar-refractivity contribution in [2.75, 3.05) is 0 Å². The third kappa shape index (κ3) is 4.71. The molecule has 0 atom stereocenters. The van der Waals surface area contributed by atoms with Crippen LogP contribution >= 0.6 is 0 Å². The zero-order valence-corrected chi connectivity index (χ0v) is 6.95. The fraction of sp³-hybridized carbons (Fsp3) is 0.667. The fourth-order valence-electron chi connectivity index (χ4n) is 0.131. The number of hydrogen-bond donors (Lipinski definition) is 1. The van der Waals surface area contributed by atoms with Crippen molar-refractivity contribution in [2.24, 2.45) is 0 Å². The van der Waals surface area contributed by atoms with Gasteiger partial charge in [-0.25, -0.2) is 0 Å². The molecule has 0 aromatic rings. The molecule has 0 aliphatic heterocycles. The van der Waals surface area contributed by atoms with E-state index in [9.17, 15) is 0 Å². The Hall–Kier alpha value is 0.709. The van der Waals surface area contributed by atoms with E-state index >= 15 is 0 Å². The van der Waals surface area contributed by atoms with E-state index in [2.05, 4.69) is 22.9 Å². The third-order valence-electron chi connectivity index (χ3n) is 0.275. The summed E-state index contributed by atoms with van der Waals surface area (Å²) in [6.45, 7) is 2.09. The third-order valence-corrected chi connectivity index (χ3v) is 2.72. The van der Waals surface area contributed by atoms with Gasteiger partial charge in [-0.3, -0.25) is 0 Å². The zero-order valence-electron chi connectivity index (χ0n) is 3.52. The van der Waals surface area contributed by atoms with E-state index < -0.39 is 0 Å². The van der Waals surface area contributed by atoms with Gasteiger partial charge in [0.2, 0.25) is 0 Å². The first-order valence-corrected chi connectivity index (χ1v) is 4.58. The Morgan fingerprint density at radius 3 is 2.50 bits per heavy atom. The van der Waals surface area contributed by atoms with E-state index in [1.165, 1.54) is 0 Å². The average Bonchev–Trinajstić information content (AvgIpc) is 1.35. The van der Waals surface area contributed by atoms with Crippen LogP contribution in [0.5, 0.6) is 0 Å². The second kappa shape index (κ2) is 3.88. The molecule has 0 aromatic heterocycles. The van der Waals surface area contributed by atoms with Gasteiger partial charge in [-0.05, 0) is 0 Å². The molecule has 1 N–H and O–H groups in total. The van der Waals surface area contributed by atoms with Crippen LogP contribution in [-0.4, -0.2) is 34.5 Å². The molecule has 0 bridgehead atoms. The maximum atomic E-state index is 6.87. The molecule has 3 heteroatoms. The molecule has 0 saturated heterocycles. The van der Waals surface area contributed by atoms with Crippen LogP contribution in [0.4, 0.5) is 0 Å². The number of rotatable bonds is 2. The van der Waals surface area contributed by atoms with E-state index in [0.29, 0.717) is 15.0 Å². The van der Waals surface area contributed by atoms with Crippen LogP contribution in [0.2, 0.25) is 5.32 Å². The van der Waals surface area contributed by atoms with Crippen molar-refractivity contribution in [1.29, 1.82) is 5.41 Å². The van der Waals surface area contributed by atoms with Crippen molar-refractivity contribution in [1.82, 2.24) is 0 Å². The second-order valence-electron chi connectivity index (χ2n) is 0.720. The van der Waals surface area contributed by atoms with Gasteiger partial charge in [-0.1, -0.05) is 0 Å². The van der Waals surface area contributed by atoms with E-state index in [1.54, 1.807) is 0 Å². The number of nitrogens with one attached hydrogen (secondary N) is 1. The predicted molar refractivity (Wildman–Crippen MR) is 29.7 cm³/mol. The monoisotopic (exact) mass is 216 g/mol. The summed E-state index contributed by atoms with van der Waals surface area (Å²) in [4.78, 5) is 0. The van der Waals surface area contributed by atoms with Gasteiger partial charge in [0.05, 0.1) is 0 Å². The summed E-state index contributed by atoms with van der Waals surface area (Å²) in [6, 6.07) is 0. The Bertz CT molecular complexity index is 52.8. The normalized spacial score (nSPS) is 8.17. The minimum absolute atomic E-state index is 0.444. The summed E-state index contributed by atoms with van der Waals surface area (Å²) in [7, 11) is 0. The molecule has 1 nitrogen and oxygen atoms in total. The van der Waals surface area contributed by atoms with Crippen LogP contribution in [0.3, 0.4) is 0 Å². The minimum atomic E-state index is 0.444. The Morgan fingerprint density at radius 2 is 2.50 bits per heavy atom. The molecule has 0 heterocycles. The van der Waals surface area contributed by atoms with Crippen LogP contribution < -0.4 is 0 Å². The molecule has 0 amide bonds. The Labute approximate surface area is 52.4 Å². The standard InChI is InChI=1S/C3H6NSe2/c1-2-6-3(4)5/h4H,2H2,1H3. The van der Waals surface area contributed by atoms with Crippen LogP contribution in [0.15, 0.2) is 0 Å². The van der Waals surface area contributed by atoms with E-state index in [-0.39, 0.29) is 0 Å². The van der Waals surface area contributed by atoms with Crippen LogP contribution in [0.25, 0.3) is 0 Å². The molecule has 6 heavy (non-hydrogen) atoms. The Morgan fingerprint density at radius 1 is 2.00 bits per heavy atom. The molecule has 0 spiro atoms. The van der Waals surface area contributed by atoms with Gasteiger partial charge in [0.25, 0.3) is 0 Å². The molecule has 1 radical (unpaired) electrons. The Balaban J connectivity index is 2.83. The molecule has 0 rings (SSSR count). The van der Waals surface area contributed by atoms with Gasteiger partial charge in [0, 0.05) is 0 Å². The van der Waals surface area contributed by atoms with Crippen molar-refractivity contribution >= 4 is 34.5 Å². The quantitative estimate of drug-likeness (QED) is 0.502. The first kappa shape index (κ1) is 6.71. The first-order chi connectivity index (χ1) is 2.77. The molecule has 0 aliphatic rings. The Kier molecular flexibility index (Phi) is 4.34. The van der Waals surface area contributed by atoms with Crippen molar-refractivity contribution in [3.8, 4) is 0 Å².